The van der Waals surface area contributed by atoms with E-state index in [2.05, 4.69) is 9.80 Å². The summed E-state index contributed by atoms with van der Waals surface area (Å²) in [6.45, 7) is 4.29. The molecule has 2 aliphatic heterocycles. The molecule has 2 nitrogen and oxygen atoms in total. The topological polar surface area (TPSA) is 6.48 Å². The van der Waals surface area contributed by atoms with Crippen LogP contribution in [0.5, 0.6) is 0 Å². The predicted molar refractivity (Wildman–Crippen MR) is 73.3 cm³/mol. The molecule has 78 valence electrons. The molecule has 0 N–H and O–H groups in total. The van der Waals surface area contributed by atoms with Crippen LogP contribution in [0.4, 0.5) is 0 Å². The second-order valence-corrected chi connectivity index (χ2v) is 6.66. The summed E-state index contributed by atoms with van der Waals surface area (Å²) in [5.74, 6) is 2.30. The molecule has 0 unspecified atom stereocenters. The Morgan fingerprint density at radius 2 is 1.36 bits per heavy atom. The van der Waals surface area contributed by atoms with Crippen LogP contribution in [0.25, 0.3) is 0 Å². The smallest absolute Gasteiger partial charge is 0.136 e. The van der Waals surface area contributed by atoms with Crippen molar-refractivity contribution >= 4 is 56.6 Å². The Bertz CT molecular complexity index is 230. The number of thiocarbonyl (C=S) groups is 2. The predicted octanol–water partition coefficient (Wildman–Crippen LogP) is 1.65. The third-order valence-electron chi connectivity index (χ3n) is 2.33. The van der Waals surface area contributed by atoms with Gasteiger partial charge >= 0.3 is 0 Å². The first-order valence-electron chi connectivity index (χ1n) is 4.61. The molecule has 0 amide bonds. The van der Waals surface area contributed by atoms with Crippen molar-refractivity contribution < 1.29 is 0 Å². The van der Waals surface area contributed by atoms with E-state index in [4.69, 9.17) is 24.4 Å². The van der Waals surface area contributed by atoms with E-state index in [1.165, 1.54) is 0 Å². The third-order valence-corrected chi connectivity index (χ3v) is 5.34. The van der Waals surface area contributed by atoms with Crippen molar-refractivity contribution in [3.8, 4) is 0 Å². The van der Waals surface area contributed by atoms with Crippen LogP contribution in [0.3, 0.4) is 0 Å². The van der Waals surface area contributed by atoms with Gasteiger partial charge in [-0.1, -0.05) is 48.0 Å². The van der Waals surface area contributed by atoms with Crippen LogP contribution in [-0.4, -0.2) is 56.1 Å². The second kappa shape index (κ2) is 5.01. The Hall–Kier alpha value is 0.480. The summed E-state index contributed by atoms with van der Waals surface area (Å²) < 4.78 is 2.12. The Morgan fingerprint density at radius 1 is 0.929 bits per heavy atom. The van der Waals surface area contributed by atoms with Gasteiger partial charge in [-0.05, 0) is 0 Å². The largest absolute Gasteiger partial charge is 0.355 e. The lowest BCUT2D eigenvalue weighted by Crippen LogP contribution is -2.35. The lowest BCUT2D eigenvalue weighted by Gasteiger charge is -2.22. The van der Waals surface area contributed by atoms with Gasteiger partial charge in [-0.2, -0.15) is 0 Å². The number of thioether (sulfide) groups is 2. The zero-order valence-electron chi connectivity index (χ0n) is 7.77. The van der Waals surface area contributed by atoms with Gasteiger partial charge in [-0.15, -0.1) is 0 Å². The van der Waals surface area contributed by atoms with Crippen LogP contribution < -0.4 is 0 Å². The van der Waals surface area contributed by atoms with E-state index >= 15 is 0 Å². The first-order chi connectivity index (χ1) is 6.77. The highest BCUT2D eigenvalue weighted by Gasteiger charge is 2.21. The number of rotatable bonds is 3. The SMILES string of the molecule is S=C1SCCN1CCN1CCSC1=S. The van der Waals surface area contributed by atoms with Gasteiger partial charge in [0.1, 0.15) is 8.64 Å². The molecule has 14 heavy (non-hydrogen) atoms. The van der Waals surface area contributed by atoms with E-state index in [1.54, 1.807) is 23.5 Å². The second-order valence-electron chi connectivity index (χ2n) is 3.20. The summed E-state index contributed by atoms with van der Waals surface area (Å²) in [7, 11) is 0. The Balaban J connectivity index is 1.76. The molecule has 0 saturated carbocycles. The molecule has 0 bridgehead atoms. The van der Waals surface area contributed by atoms with Crippen LogP contribution in [0, 0.1) is 0 Å². The Labute approximate surface area is 104 Å². The molecule has 6 heteroatoms. The maximum atomic E-state index is 5.24. The van der Waals surface area contributed by atoms with Crippen molar-refractivity contribution in [3.63, 3.8) is 0 Å². The molecule has 0 aromatic carbocycles. The highest BCUT2D eigenvalue weighted by molar-refractivity contribution is 8.23. The zero-order valence-corrected chi connectivity index (χ0v) is 11.0. The lowest BCUT2D eigenvalue weighted by molar-refractivity contribution is 0.380. The van der Waals surface area contributed by atoms with Gasteiger partial charge in [0.05, 0.1) is 0 Å². The molecule has 0 spiro atoms. The van der Waals surface area contributed by atoms with Gasteiger partial charge in [0.15, 0.2) is 0 Å². The molecular formula is C8H12N2S4. The number of hydrogen-bond acceptors (Lipinski definition) is 4. The lowest BCUT2D eigenvalue weighted by atomic mass is 10.5. The quantitative estimate of drug-likeness (QED) is 0.710. The molecule has 2 rings (SSSR count). The van der Waals surface area contributed by atoms with Crippen LogP contribution in [0.2, 0.25) is 0 Å². The molecule has 0 atom stereocenters. The van der Waals surface area contributed by atoms with E-state index in [-0.39, 0.29) is 0 Å². The van der Waals surface area contributed by atoms with Crippen LogP contribution in [-0.2, 0) is 0 Å². The van der Waals surface area contributed by atoms with Gasteiger partial charge < -0.3 is 9.80 Å². The van der Waals surface area contributed by atoms with Crippen molar-refractivity contribution in [2.45, 2.75) is 0 Å². The van der Waals surface area contributed by atoms with Crippen molar-refractivity contribution in [1.29, 1.82) is 0 Å². The summed E-state index contributed by atoms with van der Waals surface area (Å²) in [5, 5.41) is 0. The average Bonchev–Trinajstić information content (AvgIpc) is 2.72. The van der Waals surface area contributed by atoms with Crippen molar-refractivity contribution in [3.05, 3.63) is 0 Å². The normalized spacial score (nSPS) is 22.6. The van der Waals surface area contributed by atoms with Crippen LogP contribution in [0.1, 0.15) is 0 Å². The minimum absolute atomic E-state index is 1.03. The van der Waals surface area contributed by atoms with Crippen molar-refractivity contribution in [2.75, 3.05) is 37.7 Å². The zero-order chi connectivity index (χ0) is 9.97. The fraction of sp³-hybridized carbons (Fsp3) is 0.750. The van der Waals surface area contributed by atoms with Gasteiger partial charge in [0.2, 0.25) is 0 Å². The number of nitrogens with zero attached hydrogens (tertiary/aromatic N) is 2. The van der Waals surface area contributed by atoms with Gasteiger partial charge in [0, 0.05) is 37.7 Å². The van der Waals surface area contributed by atoms with E-state index in [1.807, 2.05) is 0 Å². The molecular weight excluding hydrogens is 252 g/mol. The monoisotopic (exact) mass is 264 g/mol. The van der Waals surface area contributed by atoms with E-state index < -0.39 is 0 Å². The summed E-state index contributed by atoms with van der Waals surface area (Å²) in [6, 6.07) is 0. The minimum Gasteiger partial charge on any atom is -0.355 e. The molecule has 2 aliphatic rings. The fourth-order valence-electron chi connectivity index (χ4n) is 1.50. The first-order valence-corrected chi connectivity index (χ1v) is 7.39. The summed E-state index contributed by atoms with van der Waals surface area (Å²) in [6.07, 6.45) is 0. The van der Waals surface area contributed by atoms with Gasteiger partial charge in [-0.3, -0.25) is 0 Å². The van der Waals surface area contributed by atoms with E-state index in [0.717, 1.165) is 46.3 Å². The average molecular weight is 264 g/mol. The van der Waals surface area contributed by atoms with E-state index in [9.17, 15) is 0 Å². The first kappa shape index (κ1) is 11.0. The van der Waals surface area contributed by atoms with Crippen LogP contribution >= 0.6 is 48.0 Å². The maximum Gasteiger partial charge on any atom is 0.136 e. The molecule has 2 saturated heterocycles. The maximum absolute atomic E-state index is 5.24. The molecule has 0 aromatic rings. The van der Waals surface area contributed by atoms with Crippen molar-refractivity contribution in [2.24, 2.45) is 0 Å². The summed E-state index contributed by atoms with van der Waals surface area (Å²) in [5.41, 5.74) is 0. The molecule has 0 aliphatic carbocycles. The highest BCUT2D eigenvalue weighted by Crippen LogP contribution is 2.20. The minimum atomic E-state index is 1.03. The molecule has 2 fully saturated rings. The van der Waals surface area contributed by atoms with Crippen LogP contribution in [0.15, 0.2) is 0 Å². The molecule has 2 heterocycles. The summed E-state index contributed by atoms with van der Waals surface area (Å²) in [4.78, 5) is 4.57. The van der Waals surface area contributed by atoms with Crippen molar-refractivity contribution in [1.82, 2.24) is 9.80 Å². The highest BCUT2D eigenvalue weighted by atomic mass is 32.2. The standard InChI is InChI=1S/C8H12N2S4/c11-7-9(3-5-13-7)1-2-10-4-6-14-8(10)12/h1-6H2. The van der Waals surface area contributed by atoms with Gasteiger partial charge in [0.25, 0.3) is 0 Å². The molecule has 0 aromatic heterocycles. The molecule has 0 radical (unpaired) electrons. The Kier molecular flexibility index (Phi) is 3.93. The van der Waals surface area contributed by atoms with Gasteiger partial charge in [-0.25, -0.2) is 0 Å². The van der Waals surface area contributed by atoms with E-state index in [0.29, 0.717) is 0 Å². The number of hydrogen-bond donors (Lipinski definition) is 0. The fourth-order valence-corrected chi connectivity index (χ4v) is 4.07. The summed E-state index contributed by atoms with van der Waals surface area (Å²) >= 11 is 14.1. The Morgan fingerprint density at radius 3 is 1.64 bits per heavy atom. The third kappa shape index (κ3) is 2.53.